The summed E-state index contributed by atoms with van der Waals surface area (Å²) in [6.07, 6.45) is 20.0. The maximum absolute atomic E-state index is 9.37. The number of hydrogen-bond donors (Lipinski definition) is 3. The molecule has 0 bridgehead atoms. The van der Waals surface area contributed by atoms with Crippen LogP contribution in [0, 0.1) is 0 Å². The maximum Gasteiger partial charge on any atom is 0.0645 e. The molecule has 0 heterocycles. The molecule has 0 aliphatic carbocycles. The van der Waals surface area contributed by atoms with Crippen molar-refractivity contribution >= 4 is 0 Å². The van der Waals surface area contributed by atoms with Gasteiger partial charge in [-0.2, -0.15) is 0 Å². The number of aliphatic hydroxyl groups is 2. The van der Waals surface area contributed by atoms with Crippen molar-refractivity contribution in [1.82, 2.24) is 5.32 Å². The van der Waals surface area contributed by atoms with Gasteiger partial charge in [-0.1, -0.05) is 97.3 Å². The van der Waals surface area contributed by atoms with E-state index in [2.05, 4.69) is 12.2 Å². The first-order chi connectivity index (χ1) is 11.7. The van der Waals surface area contributed by atoms with Gasteiger partial charge in [0.15, 0.2) is 0 Å². The highest BCUT2D eigenvalue weighted by molar-refractivity contribution is 4.85. The van der Waals surface area contributed by atoms with Gasteiger partial charge in [0.05, 0.1) is 18.8 Å². The van der Waals surface area contributed by atoms with Crippen LogP contribution in [0.1, 0.15) is 110 Å². The van der Waals surface area contributed by atoms with Crippen LogP contribution in [0.15, 0.2) is 0 Å². The highest BCUT2D eigenvalue weighted by Crippen LogP contribution is 2.13. The molecule has 0 aromatic heterocycles. The maximum atomic E-state index is 9.37. The van der Waals surface area contributed by atoms with Gasteiger partial charge in [0.1, 0.15) is 0 Å². The average molecular weight is 344 g/mol. The summed E-state index contributed by atoms with van der Waals surface area (Å²) in [4.78, 5) is 0. The third kappa shape index (κ3) is 13.2. The third-order valence-electron chi connectivity index (χ3n) is 5.31. The minimum atomic E-state index is -0.476. The topological polar surface area (TPSA) is 52.5 Å². The van der Waals surface area contributed by atoms with Crippen molar-refractivity contribution in [3.63, 3.8) is 0 Å². The number of unbranched alkanes of at least 4 members (excludes halogenated alkanes) is 13. The zero-order valence-corrected chi connectivity index (χ0v) is 16.6. The molecule has 0 aromatic carbocycles. The van der Waals surface area contributed by atoms with Crippen LogP contribution in [0.2, 0.25) is 0 Å². The van der Waals surface area contributed by atoms with E-state index in [1.54, 1.807) is 0 Å². The van der Waals surface area contributed by atoms with E-state index in [0.717, 1.165) is 19.4 Å². The molecular formula is C21H45NO2. The second kappa shape index (κ2) is 17.7. The van der Waals surface area contributed by atoms with E-state index in [-0.39, 0.29) is 13.2 Å². The van der Waals surface area contributed by atoms with Gasteiger partial charge in [-0.3, -0.25) is 0 Å². The zero-order chi connectivity index (χ0) is 17.9. The van der Waals surface area contributed by atoms with Crippen LogP contribution in [0.5, 0.6) is 0 Å². The summed E-state index contributed by atoms with van der Waals surface area (Å²) in [7, 11) is 0. The first-order valence-corrected chi connectivity index (χ1v) is 10.7. The molecule has 0 atom stereocenters. The van der Waals surface area contributed by atoms with E-state index >= 15 is 0 Å². The summed E-state index contributed by atoms with van der Waals surface area (Å²) in [6, 6.07) is 0. The van der Waals surface area contributed by atoms with Gasteiger partial charge in [0.25, 0.3) is 0 Å². The summed E-state index contributed by atoms with van der Waals surface area (Å²) in [5, 5.41) is 22.1. The second-order valence-corrected chi connectivity index (χ2v) is 7.47. The van der Waals surface area contributed by atoms with Crippen LogP contribution in [0.25, 0.3) is 0 Å². The van der Waals surface area contributed by atoms with E-state index < -0.39 is 5.54 Å². The molecule has 3 heteroatoms. The van der Waals surface area contributed by atoms with E-state index in [0.29, 0.717) is 0 Å². The fourth-order valence-corrected chi connectivity index (χ4v) is 3.18. The molecule has 0 aromatic rings. The Bertz CT molecular complexity index is 234. The van der Waals surface area contributed by atoms with Crippen molar-refractivity contribution in [2.75, 3.05) is 19.8 Å². The lowest BCUT2D eigenvalue weighted by atomic mass is 9.98. The summed E-state index contributed by atoms with van der Waals surface area (Å²) in [5.74, 6) is 0. The van der Waals surface area contributed by atoms with Crippen LogP contribution < -0.4 is 5.32 Å². The lowest BCUT2D eigenvalue weighted by Gasteiger charge is -2.29. The Morgan fingerprint density at radius 1 is 0.583 bits per heavy atom. The Balaban J connectivity index is 3.23. The monoisotopic (exact) mass is 343 g/mol. The minimum absolute atomic E-state index is 0.0125. The SMILES string of the molecule is CCCCCCCCCCCCCCCCNC(CC)(CO)CO. The first-order valence-electron chi connectivity index (χ1n) is 10.7. The molecule has 24 heavy (non-hydrogen) atoms. The Hall–Kier alpha value is -0.120. The van der Waals surface area contributed by atoms with Gasteiger partial charge in [-0.15, -0.1) is 0 Å². The number of nitrogens with one attached hydrogen (secondary N) is 1. The molecule has 0 spiro atoms. The van der Waals surface area contributed by atoms with Crippen molar-refractivity contribution in [3.05, 3.63) is 0 Å². The smallest absolute Gasteiger partial charge is 0.0645 e. The van der Waals surface area contributed by atoms with Crippen molar-refractivity contribution in [2.45, 2.75) is 116 Å². The van der Waals surface area contributed by atoms with Gasteiger partial charge in [-0.05, 0) is 19.4 Å². The predicted octanol–water partition coefficient (Wildman–Crippen LogP) is 5.19. The highest BCUT2D eigenvalue weighted by Gasteiger charge is 2.24. The lowest BCUT2D eigenvalue weighted by Crippen LogP contribution is -2.51. The fraction of sp³-hybridized carbons (Fsp3) is 1.00. The summed E-state index contributed by atoms with van der Waals surface area (Å²) >= 11 is 0. The van der Waals surface area contributed by atoms with E-state index in [1.165, 1.54) is 83.5 Å². The Labute approximate surface area is 151 Å². The standard InChI is InChI=1S/C21H45NO2/c1-3-5-6-7-8-9-10-11-12-13-14-15-16-17-18-22-21(4-2,19-23)20-24/h22-24H,3-20H2,1-2H3. The summed E-state index contributed by atoms with van der Waals surface area (Å²) in [5.41, 5.74) is -0.476. The van der Waals surface area contributed by atoms with Gasteiger partial charge in [0.2, 0.25) is 0 Å². The summed E-state index contributed by atoms with van der Waals surface area (Å²) < 4.78 is 0. The Morgan fingerprint density at radius 2 is 0.958 bits per heavy atom. The average Bonchev–Trinajstić information content (AvgIpc) is 2.62. The van der Waals surface area contributed by atoms with E-state index in [4.69, 9.17) is 0 Å². The number of aliphatic hydroxyl groups excluding tert-OH is 2. The Kier molecular flexibility index (Phi) is 17.6. The molecule has 146 valence electrons. The quantitative estimate of drug-likeness (QED) is 0.283. The van der Waals surface area contributed by atoms with Crippen molar-refractivity contribution in [1.29, 1.82) is 0 Å². The normalized spacial score (nSPS) is 12.0. The van der Waals surface area contributed by atoms with Gasteiger partial charge in [0, 0.05) is 0 Å². The largest absolute Gasteiger partial charge is 0.394 e. The molecule has 0 aliphatic rings. The molecule has 0 amide bonds. The molecule has 0 saturated carbocycles. The van der Waals surface area contributed by atoms with Gasteiger partial charge >= 0.3 is 0 Å². The molecule has 0 aliphatic heterocycles. The second-order valence-electron chi connectivity index (χ2n) is 7.47. The molecule has 0 radical (unpaired) electrons. The molecular weight excluding hydrogens is 298 g/mol. The van der Waals surface area contributed by atoms with E-state index in [1.807, 2.05) is 6.92 Å². The van der Waals surface area contributed by atoms with Crippen molar-refractivity contribution in [3.8, 4) is 0 Å². The summed E-state index contributed by atoms with van der Waals surface area (Å²) in [6.45, 7) is 5.20. The molecule has 3 N–H and O–H groups in total. The van der Waals surface area contributed by atoms with Crippen LogP contribution in [0.3, 0.4) is 0 Å². The lowest BCUT2D eigenvalue weighted by molar-refractivity contribution is 0.0876. The van der Waals surface area contributed by atoms with Gasteiger partial charge in [-0.25, -0.2) is 0 Å². The highest BCUT2D eigenvalue weighted by atomic mass is 16.3. The number of rotatable bonds is 19. The van der Waals surface area contributed by atoms with Gasteiger partial charge < -0.3 is 15.5 Å². The minimum Gasteiger partial charge on any atom is -0.394 e. The molecule has 0 saturated heterocycles. The molecule has 0 fully saturated rings. The molecule has 3 nitrogen and oxygen atoms in total. The molecule has 0 rings (SSSR count). The Morgan fingerprint density at radius 3 is 1.29 bits per heavy atom. The predicted molar refractivity (Wildman–Crippen MR) is 106 cm³/mol. The van der Waals surface area contributed by atoms with Crippen LogP contribution >= 0.6 is 0 Å². The fourth-order valence-electron chi connectivity index (χ4n) is 3.18. The zero-order valence-electron chi connectivity index (χ0n) is 16.6. The van der Waals surface area contributed by atoms with Crippen LogP contribution in [0.4, 0.5) is 0 Å². The molecule has 0 unspecified atom stereocenters. The third-order valence-corrected chi connectivity index (χ3v) is 5.31. The van der Waals surface area contributed by atoms with Crippen molar-refractivity contribution < 1.29 is 10.2 Å². The number of hydrogen-bond acceptors (Lipinski definition) is 3. The van der Waals surface area contributed by atoms with Crippen molar-refractivity contribution in [2.24, 2.45) is 0 Å². The van der Waals surface area contributed by atoms with Crippen LogP contribution in [-0.4, -0.2) is 35.5 Å². The van der Waals surface area contributed by atoms with Crippen LogP contribution in [-0.2, 0) is 0 Å². The van der Waals surface area contributed by atoms with E-state index in [9.17, 15) is 10.2 Å². The first kappa shape index (κ1) is 23.9.